The number of carbonyl (C=O) groups excluding carboxylic acids is 1. The normalized spacial score (nSPS) is 28.7. The number of hydrogen-bond donors (Lipinski definition) is 2. The number of nitrogens with one attached hydrogen (secondary N) is 1. The van der Waals surface area contributed by atoms with Gasteiger partial charge in [0.25, 0.3) is 0 Å². The SMILES string of the molecule is NC1CCCCC1CNC(=O)C1CCCc2ccccc21. The highest BCUT2D eigenvalue weighted by Crippen LogP contribution is 2.31. The largest absolute Gasteiger partial charge is 0.355 e. The summed E-state index contributed by atoms with van der Waals surface area (Å²) in [5.41, 5.74) is 8.75. The van der Waals surface area contributed by atoms with Crippen LogP contribution in [0, 0.1) is 5.92 Å². The first-order valence-electron chi connectivity index (χ1n) is 8.37. The number of hydrogen-bond acceptors (Lipinski definition) is 2. The third kappa shape index (κ3) is 3.29. The zero-order valence-corrected chi connectivity index (χ0v) is 12.7. The molecule has 3 nitrogen and oxygen atoms in total. The monoisotopic (exact) mass is 286 g/mol. The number of fused-ring (bicyclic) bond motifs is 1. The molecule has 2 aliphatic carbocycles. The molecule has 3 rings (SSSR count). The lowest BCUT2D eigenvalue weighted by molar-refractivity contribution is -0.123. The second-order valence-electron chi connectivity index (χ2n) is 6.60. The molecule has 2 aliphatic rings. The third-order valence-corrected chi connectivity index (χ3v) is 5.19. The van der Waals surface area contributed by atoms with E-state index in [0.29, 0.717) is 5.92 Å². The van der Waals surface area contributed by atoms with Gasteiger partial charge in [0.15, 0.2) is 0 Å². The molecule has 114 valence electrons. The maximum atomic E-state index is 12.6. The van der Waals surface area contributed by atoms with Crippen LogP contribution in [-0.2, 0) is 11.2 Å². The fourth-order valence-corrected chi connectivity index (χ4v) is 3.87. The van der Waals surface area contributed by atoms with Gasteiger partial charge in [0.05, 0.1) is 5.92 Å². The highest BCUT2D eigenvalue weighted by molar-refractivity contribution is 5.84. The van der Waals surface area contributed by atoms with E-state index in [9.17, 15) is 4.79 Å². The molecule has 3 heteroatoms. The lowest BCUT2D eigenvalue weighted by atomic mass is 9.81. The summed E-state index contributed by atoms with van der Waals surface area (Å²) in [5.74, 6) is 0.691. The van der Waals surface area contributed by atoms with E-state index in [1.165, 1.54) is 24.0 Å². The highest BCUT2D eigenvalue weighted by Gasteiger charge is 2.28. The van der Waals surface area contributed by atoms with Gasteiger partial charge in [-0.3, -0.25) is 4.79 Å². The fraction of sp³-hybridized carbons (Fsp3) is 0.611. The van der Waals surface area contributed by atoms with Crippen molar-refractivity contribution in [3.8, 4) is 0 Å². The van der Waals surface area contributed by atoms with Crippen LogP contribution in [-0.4, -0.2) is 18.5 Å². The molecule has 1 aromatic carbocycles. The third-order valence-electron chi connectivity index (χ3n) is 5.19. The van der Waals surface area contributed by atoms with Gasteiger partial charge in [-0.1, -0.05) is 37.1 Å². The van der Waals surface area contributed by atoms with Gasteiger partial charge in [0.2, 0.25) is 5.91 Å². The summed E-state index contributed by atoms with van der Waals surface area (Å²) >= 11 is 0. The van der Waals surface area contributed by atoms with Crippen LogP contribution < -0.4 is 11.1 Å². The summed E-state index contributed by atoms with van der Waals surface area (Å²) in [7, 11) is 0. The van der Waals surface area contributed by atoms with Gasteiger partial charge in [-0.15, -0.1) is 0 Å². The predicted octanol–water partition coefficient (Wildman–Crippen LogP) is 2.74. The first-order chi connectivity index (χ1) is 10.3. The van der Waals surface area contributed by atoms with Crippen LogP contribution in [0.3, 0.4) is 0 Å². The number of amides is 1. The minimum atomic E-state index is 0.0368. The summed E-state index contributed by atoms with van der Waals surface area (Å²) in [6.07, 6.45) is 7.93. The summed E-state index contributed by atoms with van der Waals surface area (Å²) in [5, 5.41) is 3.17. The second kappa shape index (κ2) is 6.61. The first-order valence-corrected chi connectivity index (χ1v) is 8.37. The van der Waals surface area contributed by atoms with E-state index < -0.39 is 0 Å². The topological polar surface area (TPSA) is 55.1 Å². The minimum Gasteiger partial charge on any atom is -0.355 e. The molecule has 1 aromatic rings. The van der Waals surface area contributed by atoms with Crippen LogP contribution in [0.2, 0.25) is 0 Å². The maximum Gasteiger partial charge on any atom is 0.227 e. The van der Waals surface area contributed by atoms with Crippen molar-refractivity contribution in [2.24, 2.45) is 11.7 Å². The fourth-order valence-electron chi connectivity index (χ4n) is 3.87. The van der Waals surface area contributed by atoms with E-state index in [0.717, 1.165) is 38.6 Å². The van der Waals surface area contributed by atoms with E-state index in [-0.39, 0.29) is 17.9 Å². The van der Waals surface area contributed by atoms with Crippen LogP contribution in [0.25, 0.3) is 0 Å². The van der Waals surface area contributed by atoms with Gasteiger partial charge in [0.1, 0.15) is 0 Å². The summed E-state index contributed by atoms with van der Waals surface area (Å²) in [4.78, 5) is 12.6. The molecule has 0 aromatic heterocycles. The molecule has 3 N–H and O–H groups in total. The molecule has 0 bridgehead atoms. The molecule has 3 unspecified atom stereocenters. The molecule has 0 aliphatic heterocycles. The average molecular weight is 286 g/mol. The number of nitrogens with two attached hydrogens (primary N) is 1. The molecule has 1 saturated carbocycles. The Balaban J connectivity index is 1.61. The van der Waals surface area contributed by atoms with Crippen molar-refractivity contribution >= 4 is 5.91 Å². The van der Waals surface area contributed by atoms with Crippen LogP contribution in [0.5, 0.6) is 0 Å². The van der Waals surface area contributed by atoms with Crippen molar-refractivity contribution in [2.75, 3.05) is 6.54 Å². The van der Waals surface area contributed by atoms with Gasteiger partial charge < -0.3 is 11.1 Å². The van der Waals surface area contributed by atoms with Gasteiger partial charge in [-0.2, -0.15) is 0 Å². The molecule has 3 atom stereocenters. The maximum absolute atomic E-state index is 12.6. The zero-order chi connectivity index (χ0) is 14.7. The van der Waals surface area contributed by atoms with E-state index in [2.05, 4.69) is 23.5 Å². The Kier molecular flexibility index (Phi) is 4.59. The molecule has 1 amide bonds. The number of carbonyl (C=O) groups is 1. The van der Waals surface area contributed by atoms with E-state index >= 15 is 0 Å². The Hall–Kier alpha value is -1.35. The predicted molar refractivity (Wildman–Crippen MR) is 85.1 cm³/mol. The summed E-state index contributed by atoms with van der Waals surface area (Å²) in [6.45, 7) is 0.749. The van der Waals surface area contributed by atoms with E-state index in [1.54, 1.807) is 0 Å². The van der Waals surface area contributed by atoms with E-state index in [4.69, 9.17) is 5.73 Å². The molecule has 0 saturated heterocycles. The Morgan fingerprint density at radius 2 is 1.95 bits per heavy atom. The first kappa shape index (κ1) is 14.6. The molecule has 21 heavy (non-hydrogen) atoms. The molecular formula is C18H26N2O. The zero-order valence-electron chi connectivity index (χ0n) is 12.7. The van der Waals surface area contributed by atoms with E-state index in [1.807, 2.05) is 6.07 Å². The Labute approximate surface area is 127 Å². The molecule has 0 radical (unpaired) electrons. The Morgan fingerprint density at radius 3 is 2.81 bits per heavy atom. The van der Waals surface area contributed by atoms with Crippen LogP contribution in [0.1, 0.15) is 55.6 Å². The van der Waals surface area contributed by atoms with Crippen LogP contribution in [0.4, 0.5) is 0 Å². The van der Waals surface area contributed by atoms with Crippen LogP contribution in [0.15, 0.2) is 24.3 Å². The van der Waals surface area contributed by atoms with Gasteiger partial charge in [-0.05, 0) is 49.1 Å². The van der Waals surface area contributed by atoms with Crippen molar-refractivity contribution in [1.29, 1.82) is 0 Å². The van der Waals surface area contributed by atoms with Crippen molar-refractivity contribution in [3.63, 3.8) is 0 Å². The van der Waals surface area contributed by atoms with Crippen LogP contribution >= 0.6 is 0 Å². The van der Waals surface area contributed by atoms with Crippen molar-refractivity contribution in [1.82, 2.24) is 5.32 Å². The Bertz CT molecular complexity index is 500. The minimum absolute atomic E-state index is 0.0368. The molecule has 0 spiro atoms. The average Bonchev–Trinajstić information content (AvgIpc) is 2.53. The van der Waals surface area contributed by atoms with Crippen molar-refractivity contribution < 1.29 is 4.79 Å². The molecular weight excluding hydrogens is 260 g/mol. The van der Waals surface area contributed by atoms with Crippen molar-refractivity contribution in [3.05, 3.63) is 35.4 Å². The lowest BCUT2D eigenvalue weighted by Crippen LogP contribution is -2.42. The number of benzene rings is 1. The van der Waals surface area contributed by atoms with Gasteiger partial charge >= 0.3 is 0 Å². The summed E-state index contributed by atoms with van der Waals surface area (Å²) in [6, 6.07) is 8.65. The smallest absolute Gasteiger partial charge is 0.227 e. The summed E-state index contributed by atoms with van der Waals surface area (Å²) < 4.78 is 0. The number of aryl methyl sites for hydroxylation is 1. The quantitative estimate of drug-likeness (QED) is 0.897. The lowest BCUT2D eigenvalue weighted by Gasteiger charge is -2.30. The second-order valence-corrected chi connectivity index (χ2v) is 6.60. The molecule has 0 heterocycles. The molecule has 1 fully saturated rings. The highest BCUT2D eigenvalue weighted by atomic mass is 16.1. The Morgan fingerprint density at radius 1 is 1.14 bits per heavy atom. The van der Waals surface area contributed by atoms with Gasteiger partial charge in [0, 0.05) is 12.6 Å². The standard InChI is InChI=1S/C18H26N2O/c19-17-11-4-2-7-14(17)12-20-18(21)16-10-5-8-13-6-1-3-9-15(13)16/h1,3,6,9,14,16-17H,2,4-5,7-8,10-12,19H2,(H,20,21). The van der Waals surface area contributed by atoms with Gasteiger partial charge in [-0.25, -0.2) is 0 Å². The van der Waals surface area contributed by atoms with Crippen molar-refractivity contribution in [2.45, 2.75) is 56.9 Å². The number of rotatable bonds is 3.